The van der Waals surface area contributed by atoms with Crippen LogP contribution in [0.15, 0.2) is 28.8 Å². The van der Waals surface area contributed by atoms with Gasteiger partial charge in [-0.05, 0) is 37.6 Å². The van der Waals surface area contributed by atoms with Crippen molar-refractivity contribution in [3.63, 3.8) is 0 Å². The van der Waals surface area contributed by atoms with E-state index in [-0.39, 0.29) is 0 Å². The number of ether oxygens (including phenoxy) is 1. The normalized spacial score (nSPS) is 11.1. The zero-order chi connectivity index (χ0) is 14.5. The lowest BCUT2D eigenvalue weighted by Gasteiger charge is -2.07. The molecular formula is C16H22N2O2. The molecule has 0 atom stereocenters. The van der Waals surface area contributed by atoms with Gasteiger partial charge in [-0.25, -0.2) is 0 Å². The monoisotopic (exact) mass is 274 g/mol. The fourth-order valence-corrected chi connectivity index (χ4v) is 1.90. The number of nitrogens with one attached hydrogen (secondary N) is 1. The second-order valence-corrected chi connectivity index (χ2v) is 5.23. The Morgan fingerprint density at radius 3 is 2.85 bits per heavy atom. The lowest BCUT2D eigenvalue weighted by molar-refractivity contribution is 0.262. The molecule has 0 aliphatic heterocycles. The highest BCUT2D eigenvalue weighted by Crippen LogP contribution is 2.19. The molecule has 0 unspecified atom stereocenters. The number of hydrogen-bond acceptors (Lipinski definition) is 4. The van der Waals surface area contributed by atoms with Crippen LogP contribution in [0.25, 0.3) is 0 Å². The molecule has 4 nitrogen and oxygen atoms in total. The molecule has 0 bridgehead atoms. The summed E-state index contributed by atoms with van der Waals surface area (Å²) in [6.45, 7) is 9.39. The van der Waals surface area contributed by atoms with Gasteiger partial charge in [-0.1, -0.05) is 13.8 Å². The Morgan fingerprint density at radius 1 is 1.35 bits per heavy atom. The van der Waals surface area contributed by atoms with E-state index in [9.17, 15) is 0 Å². The molecular weight excluding hydrogens is 252 g/mol. The fraction of sp³-hybridized carbons (Fsp3) is 0.438. The van der Waals surface area contributed by atoms with E-state index < -0.39 is 0 Å². The lowest BCUT2D eigenvalue weighted by atomic mass is 10.2. The molecule has 0 aromatic carbocycles. The Bertz CT molecular complexity index is 561. The molecule has 2 rings (SSSR count). The van der Waals surface area contributed by atoms with Crippen molar-refractivity contribution in [2.24, 2.45) is 0 Å². The second-order valence-electron chi connectivity index (χ2n) is 5.23. The third-order valence-electron chi connectivity index (χ3n) is 3.07. The number of nitrogens with zero attached hydrogens (tertiary/aromatic N) is 1. The van der Waals surface area contributed by atoms with Gasteiger partial charge in [0.1, 0.15) is 23.9 Å². The molecule has 0 aliphatic carbocycles. The van der Waals surface area contributed by atoms with Crippen molar-refractivity contribution in [1.82, 2.24) is 10.3 Å². The van der Waals surface area contributed by atoms with Gasteiger partial charge in [-0.3, -0.25) is 4.98 Å². The molecule has 0 fully saturated rings. The van der Waals surface area contributed by atoms with Crippen molar-refractivity contribution < 1.29 is 9.15 Å². The highest BCUT2D eigenvalue weighted by molar-refractivity contribution is 5.26. The summed E-state index contributed by atoms with van der Waals surface area (Å²) in [5.41, 5.74) is 2.04. The van der Waals surface area contributed by atoms with Crippen molar-refractivity contribution in [3.05, 3.63) is 47.2 Å². The minimum atomic E-state index is 0.426. The molecule has 20 heavy (non-hydrogen) atoms. The molecule has 2 aromatic heterocycles. The zero-order valence-corrected chi connectivity index (χ0v) is 12.6. The number of aromatic nitrogens is 1. The predicted molar refractivity (Wildman–Crippen MR) is 78.7 cm³/mol. The molecule has 4 heteroatoms. The summed E-state index contributed by atoms with van der Waals surface area (Å²) in [4.78, 5) is 4.20. The number of aryl methyl sites for hydroxylation is 2. The molecule has 1 N–H and O–H groups in total. The molecule has 0 aliphatic rings. The minimum Gasteiger partial charge on any atom is -0.484 e. The molecule has 2 heterocycles. The van der Waals surface area contributed by atoms with Gasteiger partial charge >= 0.3 is 0 Å². The Labute approximate surface area is 120 Å². The van der Waals surface area contributed by atoms with Gasteiger partial charge in [-0.15, -0.1) is 0 Å². The van der Waals surface area contributed by atoms with Crippen LogP contribution in [0.4, 0.5) is 0 Å². The van der Waals surface area contributed by atoms with Crippen LogP contribution in [-0.2, 0) is 13.2 Å². The van der Waals surface area contributed by atoms with Gasteiger partial charge in [0.2, 0.25) is 0 Å². The van der Waals surface area contributed by atoms with Crippen LogP contribution in [0.3, 0.4) is 0 Å². The van der Waals surface area contributed by atoms with E-state index in [0.29, 0.717) is 12.6 Å². The second kappa shape index (κ2) is 6.57. The Balaban J connectivity index is 1.97. The Kier molecular flexibility index (Phi) is 4.79. The maximum absolute atomic E-state index is 5.82. The summed E-state index contributed by atoms with van der Waals surface area (Å²) in [5.74, 6) is 2.61. The van der Waals surface area contributed by atoms with Crippen LogP contribution in [0.1, 0.15) is 36.6 Å². The van der Waals surface area contributed by atoms with E-state index >= 15 is 0 Å². The van der Waals surface area contributed by atoms with Crippen molar-refractivity contribution in [1.29, 1.82) is 0 Å². The quantitative estimate of drug-likeness (QED) is 0.877. The van der Waals surface area contributed by atoms with Crippen molar-refractivity contribution in [3.8, 4) is 5.75 Å². The van der Waals surface area contributed by atoms with Crippen molar-refractivity contribution >= 4 is 0 Å². The van der Waals surface area contributed by atoms with Crippen LogP contribution in [0.2, 0.25) is 0 Å². The molecule has 0 saturated heterocycles. The average molecular weight is 274 g/mol. The smallest absolute Gasteiger partial charge is 0.146 e. The van der Waals surface area contributed by atoms with Crippen LogP contribution in [-0.4, -0.2) is 11.0 Å². The molecule has 108 valence electrons. The first-order chi connectivity index (χ1) is 9.56. The van der Waals surface area contributed by atoms with Gasteiger partial charge < -0.3 is 14.5 Å². The third-order valence-corrected chi connectivity index (χ3v) is 3.07. The highest BCUT2D eigenvalue weighted by Gasteiger charge is 2.09. The van der Waals surface area contributed by atoms with E-state index in [1.54, 1.807) is 6.20 Å². The topological polar surface area (TPSA) is 47.3 Å². The summed E-state index contributed by atoms with van der Waals surface area (Å²) in [5, 5.41) is 3.35. The van der Waals surface area contributed by atoms with Gasteiger partial charge in [0.05, 0.1) is 12.2 Å². The molecule has 0 spiro atoms. The predicted octanol–water partition coefficient (Wildman–Crippen LogP) is 3.37. The SMILES string of the molecule is Cc1cc(COc2cccnc2C)oc1CNC(C)C. The van der Waals surface area contributed by atoms with Crippen molar-refractivity contribution in [2.75, 3.05) is 0 Å². The number of hydrogen-bond donors (Lipinski definition) is 1. The Morgan fingerprint density at radius 2 is 2.15 bits per heavy atom. The largest absolute Gasteiger partial charge is 0.484 e. The first-order valence-corrected chi connectivity index (χ1v) is 6.92. The van der Waals surface area contributed by atoms with Gasteiger partial charge in [0, 0.05) is 12.2 Å². The van der Waals surface area contributed by atoms with E-state index in [4.69, 9.17) is 9.15 Å². The Hall–Kier alpha value is -1.81. The average Bonchev–Trinajstić information content (AvgIpc) is 2.76. The van der Waals surface area contributed by atoms with Crippen LogP contribution < -0.4 is 10.1 Å². The van der Waals surface area contributed by atoms with E-state index in [1.807, 2.05) is 25.1 Å². The molecule has 0 amide bonds. The zero-order valence-electron chi connectivity index (χ0n) is 12.6. The van der Waals surface area contributed by atoms with Crippen LogP contribution in [0.5, 0.6) is 5.75 Å². The summed E-state index contributed by atoms with van der Waals surface area (Å²) in [6.07, 6.45) is 1.76. The summed E-state index contributed by atoms with van der Waals surface area (Å²) in [6, 6.07) is 6.26. The number of furan rings is 1. The summed E-state index contributed by atoms with van der Waals surface area (Å²) < 4.78 is 11.6. The first-order valence-electron chi connectivity index (χ1n) is 6.92. The minimum absolute atomic E-state index is 0.426. The van der Waals surface area contributed by atoms with Gasteiger partial charge in [0.15, 0.2) is 0 Å². The summed E-state index contributed by atoms with van der Waals surface area (Å²) >= 11 is 0. The molecule has 0 saturated carbocycles. The molecule has 0 radical (unpaired) electrons. The maximum atomic E-state index is 5.82. The van der Waals surface area contributed by atoms with E-state index in [0.717, 1.165) is 35.1 Å². The van der Waals surface area contributed by atoms with E-state index in [2.05, 4.69) is 31.1 Å². The third kappa shape index (κ3) is 3.84. The lowest BCUT2D eigenvalue weighted by Crippen LogP contribution is -2.21. The van der Waals surface area contributed by atoms with Gasteiger partial charge in [0.25, 0.3) is 0 Å². The maximum Gasteiger partial charge on any atom is 0.146 e. The molecule has 2 aromatic rings. The first kappa shape index (κ1) is 14.6. The summed E-state index contributed by atoms with van der Waals surface area (Å²) in [7, 11) is 0. The standard InChI is InChI=1S/C16H22N2O2/c1-11(2)18-9-16-12(3)8-14(20-16)10-19-15-6-5-7-17-13(15)4/h5-8,11,18H,9-10H2,1-4H3. The van der Waals surface area contributed by atoms with Crippen molar-refractivity contribution in [2.45, 2.75) is 46.9 Å². The van der Waals surface area contributed by atoms with E-state index in [1.165, 1.54) is 0 Å². The van der Waals surface area contributed by atoms with Crippen LogP contribution in [0, 0.1) is 13.8 Å². The fourth-order valence-electron chi connectivity index (χ4n) is 1.90. The number of rotatable bonds is 6. The number of pyridine rings is 1. The van der Waals surface area contributed by atoms with Crippen LogP contribution >= 0.6 is 0 Å². The van der Waals surface area contributed by atoms with Gasteiger partial charge in [-0.2, -0.15) is 0 Å². The highest BCUT2D eigenvalue weighted by atomic mass is 16.5.